The van der Waals surface area contributed by atoms with Crippen molar-refractivity contribution in [2.24, 2.45) is 23.7 Å². The fraction of sp³-hybridized carbons (Fsp3) is 0.571. The van der Waals surface area contributed by atoms with Gasteiger partial charge in [0.1, 0.15) is 6.04 Å². The number of fused-ring (bicyclic) bond motifs is 2. The first-order valence-electron chi connectivity index (χ1n) is 6.92. The van der Waals surface area contributed by atoms with Crippen molar-refractivity contribution in [3.63, 3.8) is 0 Å². The molecule has 2 fully saturated rings. The van der Waals surface area contributed by atoms with Gasteiger partial charge in [-0.25, -0.2) is 0 Å². The van der Waals surface area contributed by atoms with Crippen molar-refractivity contribution in [3.05, 3.63) is 12.2 Å². The number of hydrogen-bond acceptors (Lipinski definition) is 4. The van der Waals surface area contributed by atoms with Gasteiger partial charge in [0.15, 0.2) is 0 Å². The number of allylic oxidation sites excluding steroid dienone is 2. The molecule has 3 amide bonds. The van der Waals surface area contributed by atoms with Crippen LogP contribution in [0, 0.1) is 23.7 Å². The van der Waals surface area contributed by atoms with Crippen LogP contribution in [0.3, 0.4) is 0 Å². The van der Waals surface area contributed by atoms with E-state index in [0.29, 0.717) is 6.42 Å². The second-order valence-corrected chi connectivity index (χ2v) is 5.89. The SMILES string of the molecule is CN1C(=O)CC(NC(=O)C2C3C=CC(C3)C2C(=O)O)C1=O. The molecule has 1 saturated carbocycles. The minimum atomic E-state index is -0.988. The van der Waals surface area contributed by atoms with Crippen molar-refractivity contribution in [3.8, 4) is 0 Å². The van der Waals surface area contributed by atoms with E-state index in [0.717, 1.165) is 4.90 Å². The Morgan fingerprint density at radius 3 is 2.38 bits per heavy atom. The van der Waals surface area contributed by atoms with Crippen LogP contribution in [0.2, 0.25) is 0 Å². The number of nitrogens with one attached hydrogen (secondary N) is 1. The van der Waals surface area contributed by atoms with Crippen LogP contribution in [0.4, 0.5) is 0 Å². The molecule has 0 spiro atoms. The first-order chi connectivity index (χ1) is 9.90. The van der Waals surface area contributed by atoms with E-state index in [1.54, 1.807) is 0 Å². The molecule has 7 nitrogen and oxygen atoms in total. The van der Waals surface area contributed by atoms with Gasteiger partial charge in [-0.15, -0.1) is 0 Å². The lowest BCUT2D eigenvalue weighted by molar-refractivity contribution is -0.148. The van der Waals surface area contributed by atoms with Crippen LogP contribution in [0.15, 0.2) is 12.2 Å². The molecule has 0 aromatic rings. The third-order valence-electron chi connectivity index (χ3n) is 4.75. The molecule has 1 saturated heterocycles. The minimum absolute atomic E-state index is 0.0601. The molecule has 2 N–H and O–H groups in total. The maximum atomic E-state index is 12.4. The zero-order valence-corrected chi connectivity index (χ0v) is 11.5. The molecule has 3 rings (SSSR count). The summed E-state index contributed by atoms with van der Waals surface area (Å²) in [4.78, 5) is 48.0. The normalized spacial score (nSPS) is 37.4. The predicted molar refractivity (Wildman–Crippen MR) is 69.7 cm³/mol. The Hall–Kier alpha value is -2.18. The summed E-state index contributed by atoms with van der Waals surface area (Å²) in [6.07, 6.45) is 4.33. The molecule has 7 heteroatoms. The van der Waals surface area contributed by atoms with Crippen molar-refractivity contribution in [2.75, 3.05) is 7.05 Å². The quantitative estimate of drug-likeness (QED) is 0.533. The Kier molecular flexibility index (Phi) is 3.07. The van der Waals surface area contributed by atoms with Crippen LogP contribution in [-0.4, -0.2) is 46.8 Å². The van der Waals surface area contributed by atoms with Gasteiger partial charge in [-0.3, -0.25) is 24.1 Å². The standard InChI is InChI=1S/C14H16N2O5/c1-16-9(17)5-8(13(16)19)15-12(18)10-6-2-3-7(4-6)11(10)14(20)21/h2-3,6-8,10-11H,4-5H2,1H3,(H,15,18)(H,20,21). The van der Waals surface area contributed by atoms with Crippen molar-refractivity contribution < 1.29 is 24.3 Å². The highest BCUT2D eigenvalue weighted by atomic mass is 16.4. The molecule has 2 aliphatic carbocycles. The monoisotopic (exact) mass is 292 g/mol. The van der Waals surface area contributed by atoms with Crippen LogP contribution >= 0.6 is 0 Å². The Morgan fingerprint density at radius 2 is 1.86 bits per heavy atom. The van der Waals surface area contributed by atoms with E-state index in [-0.39, 0.29) is 24.2 Å². The van der Waals surface area contributed by atoms with Gasteiger partial charge in [-0.2, -0.15) is 0 Å². The van der Waals surface area contributed by atoms with Gasteiger partial charge in [0.25, 0.3) is 5.91 Å². The van der Waals surface area contributed by atoms with Crippen molar-refractivity contribution in [2.45, 2.75) is 18.9 Å². The molecule has 5 unspecified atom stereocenters. The van der Waals surface area contributed by atoms with Crippen LogP contribution in [-0.2, 0) is 19.2 Å². The van der Waals surface area contributed by atoms with E-state index in [1.807, 2.05) is 12.2 Å². The second kappa shape index (κ2) is 4.68. The van der Waals surface area contributed by atoms with Gasteiger partial charge in [-0.1, -0.05) is 12.2 Å². The third kappa shape index (κ3) is 2.03. The molecule has 3 aliphatic rings. The minimum Gasteiger partial charge on any atom is -0.481 e. The molecule has 2 bridgehead atoms. The lowest BCUT2D eigenvalue weighted by Crippen LogP contribution is -2.47. The Bertz CT molecular complexity index is 570. The van der Waals surface area contributed by atoms with Crippen LogP contribution in [0.25, 0.3) is 0 Å². The maximum Gasteiger partial charge on any atom is 0.307 e. The van der Waals surface area contributed by atoms with Crippen molar-refractivity contribution >= 4 is 23.7 Å². The topological polar surface area (TPSA) is 104 Å². The van der Waals surface area contributed by atoms with Crippen molar-refractivity contribution in [1.29, 1.82) is 0 Å². The molecule has 1 heterocycles. The lowest BCUT2D eigenvalue weighted by atomic mass is 9.82. The van der Waals surface area contributed by atoms with E-state index >= 15 is 0 Å². The number of carboxylic acid groups (broad SMARTS) is 1. The molecule has 0 radical (unpaired) electrons. The zero-order chi connectivity index (χ0) is 15.3. The molecule has 21 heavy (non-hydrogen) atoms. The first kappa shape index (κ1) is 13.8. The highest BCUT2D eigenvalue weighted by molar-refractivity contribution is 6.06. The number of nitrogens with zero attached hydrogens (tertiary/aromatic N) is 1. The summed E-state index contributed by atoms with van der Waals surface area (Å²) in [6, 6.07) is -0.868. The van der Waals surface area contributed by atoms with Crippen molar-refractivity contribution in [1.82, 2.24) is 10.2 Å². The molecular weight excluding hydrogens is 276 g/mol. The number of imide groups is 1. The van der Waals surface area contributed by atoms with Gasteiger partial charge in [0.05, 0.1) is 18.3 Å². The maximum absolute atomic E-state index is 12.4. The fourth-order valence-corrected chi connectivity index (χ4v) is 3.65. The summed E-state index contributed by atoms with van der Waals surface area (Å²) in [5.41, 5.74) is 0. The lowest BCUT2D eigenvalue weighted by Gasteiger charge is -2.25. The molecule has 0 aromatic carbocycles. The molecule has 112 valence electrons. The van der Waals surface area contributed by atoms with Gasteiger partial charge >= 0.3 is 5.97 Å². The van der Waals surface area contributed by atoms with E-state index in [1.165, 1.54) is 7.05 Å². The number of amides is 3. The highest BCUT2D eigenvalue weighted by Gasteiger charge is 2.52. The molecule has 5 atom stereocenters. The molecule has 1 aliphatic heterocycles. The van der Waals surface area contributed by atoms with Gasteiger partial charge in [0.2, 0.25) is 11.8 Å². The van der Waals surface area contributed by atoms with Crippen LogP contribution in [0.5, 0.6) is 0 Å². The van der Waals surface area contributed by atoms with Gasteiger partial charge < -0.3 is 10.4 Å². The number of rotatable bonds is 3. The fourth-order valence-electron chi connectivity index (χ4n) is 3.65. The Labute approximate surface area is 121 Å². The van der Waals surface area contributed by atoms with Gasteiger partial charge in [0, 0.05) is 7.05 Å². The van der Waals surface area contributed by atoms with Crippen LogP contribution in [0.1, 0.15) is 12.8 Å². The van der Waals surface area contributed by atoms with E-state index in [9.17, 15) is 24.3 Å². The summed E-state index contributed by atoms with van der Waals surface area (Å²) in [7, 11) is 1.37. The highest BCUT2D eigenvalue weighted by Crippen LogP contribution is 2.48. The number of carbonyl (C=O) groups excluding carboxylic acids is 3. The third-order valence-corrected chi connectivity index (χ3v) is 4.75. The number of aliphatic carboxylic acids is 1. The summed E-state index contributed by atoms with van der Waals surface area (Å²) < 4.78 is 0. The molecular formula is C14H16N2O5. The summed E-state index contributed by atoms with van der Waals surface area (Å²) in [5, 5.41) is 11.9. The van der Waals surface area contributed by atoms with E-state index < -0.39 is 35.7 Å². The van der Waals surface area contributed by atoms with Crippen LogP contribution < -0.4 is 5.32 Å². The Balaban J connectivity index is 1.74. The predicted octanol–water partition coefficient (Wildman–Crippen LogP) is -0.617. The zero-order valence-electron chi connectivity index (χ0n) is 11.5. The summed E-state index contributed by atoms with van der Waals surface area (Å²) in [5.74, 6) is -3.84. The smallest absolute Gasteiger partial charge is 0.307 e. The largest absolute Gasteiger partial charge is 0.481 e. The summed E-state index contributed by atoms with van der Waals surface area (Å²) in [6.45, 7) is 0. The average molecular weight is 292 g/mol. The Morgan fingerprint density at radius 1 is 1.24 bits per heavy atom. The van der Waals surface area contributed by atoms with Gasteiger partial charge in [-0.05, 0) is 18.3 Å². The number of carboxylic acids is 1. The average Bonchev–Trinajstić information content (AvgIpc) is 3.09. The van der Waals surface area contributed by atoms with E-state index in [2.05, 4.69) is 5.32 Å². The number of likely N-dealkylation sites (N-methyl/N-ethyl adjacent to an activating group) is 1. The number of hydrogen-bond donors (Lipinski definition) is 2. The van der Waals surface area contributed by atoms with E-state index in [4.69, 9.17) is 0 Å². The second-order valence-electron chi connectivity index (χ2n) is 5.89. The first-order valence-corrected chi connectivity index (χ1v) is 6.92. The number of likely N-dealkylation sites (tertiary alicyclic amines) is 1. The number of carbonyl (C=O) groups is 4. The molecule has 0 aromatic heterocycles. The summed E-state index contributed by atoms with van der Waals surface area (Å²) >= 11 is 0.